The Labute approximate surface area is 271 Å². The van der Waals surface area contributed by atoms with Gasteiger partial charge in [-0.15, -0.1) is 0 Å². The summed E-state index contributed by atoms with van der Waals surface area (Å²) in [6.45, 7) is 11.3. The molecule has 2 heterocycles. The lowest BCUT2D eigenvalue weighted by molar-refractivity contribution is -0.102. The average Bonchev–Trinajstić information content (AvgIpc) is 3.05. The number of aromatic nitrogens is 1. The van der Waals surface area contributed by atoms with Gasteiger partial charge in [-0.05, 0) is 62.9 Å². The molecule has 0 spiro atoms. The third-order valence-electron chi connectivity index (χ3n) is 6.54. The van der Waals surface area contributed by atoms with Gasteiger partial charge >= 0.3 is 6.09 Å². The number of hydrogen-bond acceptors (Lipinski definition) is 9. The van der Waals surface area contributed by atoms with E-state index in [4.69, 9.17) is 38.1 Å². The van der Waals surface area contributed by atoms with E-state index < -0.39 is 11.7 Å². The third-order valence-corrected chi connectivity index (χ3v) is 6.54. The molecule has 1 aliphatic heterocycles. The molecule has 3 aromatic rings. The van der Waals surface area contributed by atoms with Crippen LogP contribution in [0.1, 0.15) is 50.1 Å². The van der Waals surface area contributed by atoms with Crippen LogP contribution in [0.4, 0.5) is 4.79 Å². The van der Waals surface area contributed by atoms with E-state index in [0.29, 0.717) is 88.9 Å². The van der Waals surface area contributed by atoms with Crippen molar-refractivity contribution in [1.82, 2.24) is 10.3 Å². The highest BCUT2D eigenvalue weighted by Gasteiger charge is 2.18. The minimum absolute atomic E-state index is 0.155. The zero-order valence-electron chi connectivity index (χ0n) is 27.1. The molecule has 1 unspecified atom stereocenters. The predicted molar refractivity (Wildman–Crippen MR) is 173 cm³/mol. The molecule has 1 fully saturated rings. The van der Waals surface area contributed by atoms with Crippen molar-refractivity contribution in [2.45, 2.75) is 52.4 Å². The number of alkyl carbamates (subject to hydrolysis) is 1. The molecule has 0 saturated carbocycles. The molecule has 0 bridgehead atoms. The van der Waals surface area contributed by atoms with Crippen LogP contribution in [-0.2, 0) is 32.0 Å². The maximum Gasteiger partial charge on any atom is 0.407 e. The van der Waals surface area contributed by atoms with E-state index >= 15 is 0 Å². The number of carbonyl (C=O) groups excluding carboxylic acids is 1. The van der Waals surface area contributed by atoms with Crippen LogP contribution in [0, 0.1) is 11.8 Å². The van der Waals surface area contributed by atoms with Crippen LogP contribution in [0.25, 0.3) is 0 Å². The fourth-order valence-electron chi connectivity index (χ4n) is 4.35. The quantitative estimate of drug-likeness (QED) is 0.186. The molecule has 46 heavy (non-hydrogen) atoms. The number of hydrogen-bond donors (Lipinski definition) is 1. The lowest BCUT2D eigenvalue weighted by atomic mass is 10.1. The average molecular weight is 633 g/mol. The van der Waals surface area contributed by atoms with Crippen LogP contribution >= 0.6 is 0 Å². The molecule has 0 aliphatic carbocycles. The Morgan fingerprint density at radius 1 is 0.978 bits per heavy atom. The van der Waals surface area contributed by atoms with Gasteiger partial charge in [-0.25, -0.2) is 9.78 Å². The van der Waals surface area contributed by atoms with Crippen LogP contribution in [0.2, 0.25) is 0 Å². The van der Waals surface area contributed by atoms with Gasteiger partial charge in [0.05, 0.1) is 33.0 Å². The summed E-state index contributed by atoms with van der Waals surface area (Å²) in [4.78, 5) is 16.4. The van der Waals surface area contributed by atoms with E-state index in [1.54, 1.807) is 0 Å². The summed E-state index contributed by atoms with van der Waals surface area (Å²) in [6.07, 6.45) is 0.0703. The first kappa shape index (κ1) is 34.6. The molecule has 1 N–H and O–H groups in total. The minimum atomic E-state index is -0.531. The Kier molecular flexibility index (Phi) is 13.5. The normalized spacial score (nSPS) is 14.5. The predicted octanol–water partition coefficient (Wildman–Crippen LogP) is 5.34. The molecule has 10 heteroatoms. The standard InChI is InChI=1S/C36H44N2O8/c1-5-31-32(16-13-27-11-14-29(15-12-27)42-21-19-40-18-17-37-35(39)46-36(2,3)4)38-34(45-26-30-25-41-20-22-43-30)23-33(31)44-24-28-9-7-6-8-10-28/h6-12,14-15,23,30H,5,17-22,24-26H2,1-4H3,(H,37,39). The second-order valence-corrected chi connectivity index (χ2v) is 11.5. The summed E-state index contributed by atoms with van der Waals surface area (Å²) in [5, 5.41) is 2.66. The minimum Gasteiger partial charge on any atom is -0.491 e. The lowest BCUT2D eigenvalue weighted by Gasteiger charge is -2.23. The number of pyridine rings is 1. The summed E-state index contributed by atoms with van der Waals surface area (Å²) in [5.74, 6) is 8.26. The molecule has 2 aromatic carbocycles. The fraction of sp³-hybridized carbons (Fsp3) is 0.444. The molecule has 0 radical (unpaired) electrons. The molecule has 1 amide bonds. The van der Waals surface area contributed by atoms with Gasteiger partial charge in [0, 0.05) is 23.7 Å². The van der Waals surface area contributed by atoms with Crippen LogP contribution in [0.3, 0.4) is 0 Å². The molecule has 1 saturated heterocycles. The van der Waals surface area contributed by atoms with Crippen molar-refractivity contribution in [3.8, 4) is 29.2 Å². The zero-order chi connectivity index (χ0) is 32.6. The number of amides is 1. The van der Waals surface area contributed by atoms with Crippen molar-refractivity contribution >= 4 is 6.09 Å². The van der Waals surface area contributed by atoms with Gasteiger partial charge in [0.25, 0.3) is 0 Å². The molecular formula is C36H44N2O8. The number of benzene rings is 2. The number of ether oxygens (including phenoxy) is 7. The van der Waals surface area contributed by atoms with Crippen molar-refractivity contribution in [2.75, 3.05) is 52.8 Å². The van der Waals surface area contributed by atoms with E-state index in [1.165, 1.54) is 0 Å². The molecule has 246 valence electrons. The molecule has 1 aliphatic rings. The smallest absolute Gasteiger partial charge is 0.407 e. The van der Waals surface area contributed by atoms with Gasteiger partial charge in [-0.3, -0.25) is 0 Å². The molecule has 10 nitrogen and oxygen atoms in total. The summed E-state index contributed by atoms with van der Waals surface area (Å²) < 4.78 is 40.0. The van der Waals surface area contributed by atoms with E-state index in [1.807, 2.05) is 81.4 Å². The Balaban J connectivity index is 1.34. The van der Waals surface area contributed by atoms with Gasteiger partial charge < -0.3 is 38.5 Å². The van der Waals surface area contributed by atoms with Gasteiger partial charge in [-0.1, -0.05) is 43.2 Å². The first-order chi connectivity index (χ1) is 22.3. The first-order valence-corrected chi connectivity index (χ1v) is 15.6. The fourth-order valence-corrected chi connectivity index (χ4v) is 4.35. The van der Waals surface area contributed by atoms with E-state index in [9.17, 15) is 4.79 Å². The summed E-state index contributed by atoms with van der Waals surface area (Å²) in [5.41, 5.74) is 2.85. The lowest BCUT2D eigenvalue weighted by Crippen LogP contribution is -2.34. The number of carbonyl (C=O) groups is 1. The highest BCUT2D eigenvalue weighted by molar-refractivity contribution is 5.67. The Morgan fingerprint density at radius 3 is 2.50 bits per heavy atom. The first-order valence-electron chi connectivity index (χ1n) is 15.6. The van der Waals surface area contributed by atoms with Gasteiger partial charge in [0.1, 0.15) is 48.7 Å². The van der Waals surface area contributed by atoms with Gasteiger partial charge in [0.15, 0.2) is 0 Å². The van der Waals surface area contributed by atoms with Crippen molar-refractivity contribution in [2.24, 2.45) is 0 Å². The topological polar surface area (TPSA) is 107 Å². The number of nitrogens with zero attached hydrogens (tertiary/aromatic N) is 1. The van der Waals surface area contributed by atoms with Gasteiger partial charge in [-0.2, -0.15) is 0 Å². The molecule has 1 atom stereocenters. The zero-order valence-corrected chi connectivity index (χ0v) is 27.1. The van der Waals surface area contributed by atoms with E-state index in [-0.39, 0.29) is 6.10 Å². The number of rotatable bonds is 14. The highest BCUT2D eigenvalue weighted by Crippen LogP contribution is 2.28. The second kappa shape index (κ2) is 18.0. The molecule has 4 rings (SSSR count). The van der Waals surface area contributed by atoms with Crippen molar-refractivity contribution in [1.29, 1.82) is 0 Å². The van der Waals surface area contributed by atoms with Crippen molar-refractivity contribution < 1.29 is 38.0 Å². The monoisotopic (exact) mass is 632 g/mol. The summed E-state index contributed by atoms with van der Waals surface area (Å²) in [6, 6.07) is 19.4. The molecule has 1 aromatic heterocycles. The maximum absolute atomic E-state index is 11.7. The Bertz CT molecular complexity index is 1420. The third kappa shape index (κ3) is 12.2. The largest absolute Gasteiger partial charge is 0.491 e. The van der Waals surface area contributed by atoms with Gasteiger partial charge in [0.2, 0.25) is 5.88 Å². The Morgan fingerprint density at radius 2 is 1.78 bits per heavy atom. The number of nitrogens with one attached hydrogen (secondary N) is 1. The second-order valence-electron chi connectivity index (χ2n) is 11.5. The summed E-state index contributed by atoms with van der Waals surface area (Å²) in [7, 11) is 0. The SMILES string of the molecule is CCc1c(OCc2ccccc2)cc(OCC2COCCO2)nc1C#Cc1ccc(OCCOCCNC(=O)OC(C)(C)C)cc1. The van der Waals surface area contributed by atoms with E-state index in [0.717, 1.165) is 16.7 Å². The van der Waals surface area contributed by atoms with Crippen LogP contribution in [0.15, 0.2) is 60.7 Å². The maximum atomic E-state index is 11.7. The highest BCUT2D eigenvalue weighted by atomic mass is 16.6. The molecular weight excluding hydrogens is 588 g/mol. The summed E-state index contributed by atoms with van der Waals surface area (Å²) >= 11 is 0. The van der Waals surface area contributed by atoms with Crippen LogP contribution in [-0.4, -0.2) is 75.6 Å². The van der Waals surface area contributed by atoms with Crippen molar-refractivity contribution in [3.05, 3.63) is 83.0 Å². The van der Waals surface area contributed by atoms with Crippen molar-refractivity contribution in [3.63, 3.8) is 0 Å². The van der Waals surface area contributed by atoms with Crippen LogP contribution in [0.5, 0.6) is 17.4 Å². The van der Waals surface area contributed by atoms with E-state index in [2.05, 4.69) is 24.1 Å². The van der Waals surface area contributed by atoms with Crippen LogP contribution < -0.4 is 19.5 Å². The Hall–Kier alpha value is -4.30.